The maximum absolute atomic E-state index is 12.2. The highest BCUT2D eigenvalue weighted by atomic mass is 32.2. The monoisotopic (exact) mass is 299 g/mol. The molecule has 110 valence electrons. The van der Waals surface area contributed by atoms with Gasteiger partial charge in [0.25, 0.3) is 0 Å². The van der Waals surface area contributed by atoms with Crippen molar-refractivity contribution < 1.29 is 17.9 Å². The van der Waals surface area contributed by atoms with E-state index in [1.807, 2.05) is 0 Å². The molecule has 2 heterocycles. The molecule has 0 spiro atoms. The molecule has 0 radical (unpaired) electrons. The Kier molecular flexibility index (Phi) is 3.35. The molecule has 7 nitrogen and oxygen atoms in total. The van der Waals surface area contributed by atoms with E-state index in [1.54, 1.807) is 12.1 Å². The van der Waals surface area contributed by atoms with E-state index >= 15 is 0 Å². The lowest BCUT2D eigenvalue weighted by Gasteiger charge is -2.22. The second-order valence-electron chi connectivity index (χ2n) is 4.80. The summed E-state index contributed by atoms with van der Waals surface area (Å²) in [5.41, 5.74) is 6.51. The first kappa shape index (κ1) is 13.3. The molecular weight excluding hydrogens is 282 g/mol. The van der Waals surface area contributed by atoms with Gasteiger partial charge in [0.15, 0.2) is 11.5 Å². The molecule has 1 saturated heterocycles. The third-order valence-corrected chi connectivity index (χ3v) is 4.88. The molecule has 3 rings (SSSR count). The number of rotatable bonds is 3. The van der Waals surface area contributed by atoms with Gasteiger partial charge >= 0.3 is 10.2 Å². The number of ether oxygens (including phenoxy) is 2. The van der Waals surface area contributed by atoms with Crippen LogP contribution in [0, 0.1) is 0 Å². The van der Waals surface area contributed by atoms with Crippen molar-refractivity contribution in [1.29, 1.82) is 0 Å². The molecule has 0 aliphatic carbocycles. The Hall–Kier alpha value is -1.67. The molecule has 0 atom stereocenters. The van der Waals surface area contributed by atoms with Gasteiger partial charge in [-0.25, -0.2) is 0 Å². The molecule has 2 aliphatic rings. The number of nitrogens with one attached hydrogen (secondary N) is 1. The third kappa shape index (κ3) is 2.48. The fourth-order valence-corrected chi connectivity index (χ4v) is 3.65. The number of hydrogen-bond donors (Lipinski definition) is 2. The van der Waals surface area contributed by atoms with Crippen LogP contribution >= 0.6 is 0 Å². The fraction of sp³-hybridized carbons (Fsp3) is 0.500. The van der Waals surface area contributed by atoms with Gasteiger partial charge in [-0.3, -0.25) is 4.72 Å². The lowest BCUT2D eigenvalue weighted by atomic mass is 10.2. The molecular formula is C12H17N3O4S. The Morgan fingerprint density at radius 2 is 1.70 bits per heavy atom. The van der Waals surface area contributed by atoms with Crippen molar-refractivity contribution in [2.45, 2.75) is 12.8 Å². The summed E-state index contributed by atoms with van der Waals surface area (Å²) in [7, 11) is -3.56. The predicted octanol–water partition coefficient (Wildman–Crippen LogP) is 0.792. The molecule has 0 bridgehead atoms. The van der Waals surface area contributed by atoms with Gasteiger partial charge < -0.3 is 15.2 Å². The maximum Gasteiger partial charge on any atom is 0.301 e. The minimum absolute atomic E-state index is 0.317. The van der Waals surface area contributed by atoms with E-state index in [2.05, 4.69) is 4.72 Å². The van der Waals surface area contributed by atoms with Gasteiger partial charge in [0, 0.05) is 25.2 Å². The largest absolute Gasteiger partial charge is 0.486 e. The summed E-state index contributed by atoms with van der Waals surface area (Å²) in [6, 6.07) is 3.15. The van der Waals surface area contributed by atoms with Crippen molar-refractivity contribution >= 4 is 21.6 Å². The van der Waals surface area contributed by atoms with Gasteiger partial charge in [0.1, 0.15) is 13.2 Å². The molecule has 0 aromatic heterocycles. The summed E-state index contributed by atoms with van der Waals surface area (Å²) in [4.78, 5) is 0. The zero-order chi connectivity index (χ0) is 14.2. The van der Waals surface area contributed by atoms with Gasteiger partial charge in [-0.2, -0.15) is 12.7 Å². The molecule has 3 N–H and O–H groups in total. The van der Waals surface area contributed by atoms with E-state index in [9.17, 15) is 8.42 Å². The number of hydrogen-bond acceptors (Lipinski definition) is 5. The van der Waals surface area contributed by atoms with E-state index in [0.717, 1.165) is 12.8 Å². The number of nitrogens with two attached hydrogens (primary N) is 1. The topological polar surface area (TPSA) is 93.9 Å². The second kappa shape index (κ2) is 5.02. The molecule has 1 aromatic rings. The van der Waals surface area contributed by atoms with Gasteiger partial charge in [-0.1, -0.05) is 0 Å². The Balaban J connectivity index is 1.87. The van der Waals surface area contributed by atoms with Crippen LogP contribution in [0.4, 0.5) is 11.4 Å². The van der Waals surface area contributed by atoms with Gasteiger partial charge in [-0.15, -0.1) is 0 Å². The summed E-state index contributed by atoms with van der Waals surface area (Å²) >= 11 is 0. The highest BCUT2D eigenvalue weighted by Crippen LogP contribution is 2.37. The molecule has 0 saturated carbocycles. The van der Waals surface area contributed by atoms with Crippen molar-refractivity contribution in [3.05, 3.63) is 12.1 Å². The van der Waals surface area contributed by atoms with Crippen molar-refractivity contribution in [3.63, 3.8) is 0 Å². The smallest absolute Gasteiger partial charge is 0.301 e. The minimum Gasteiger partial charge on any atom is -0.486 e. The highest BCUT2D eigenvalue weighted by molar-refractivity contribution is 7.90. The van der Waals surface area contributed by atoms with Crippen LogP contribution in [0.25, 0.3) is 0 Å². The average Bonchev–Trinajstić information content (AvgIpc) is 2.94. The van der Waals surface area contributed by atoms with E-state index in [4.69, 9.17) is 15.2 Å². The van der Waals surface area contributed by atoms with Gasteiger partial charge in [0.2, 0.25) is 0 Å². The van der Waals surface area contributed by atoms with E-state index < -0.39 is 10.2 Å². The van der Waals surface area contributed by atoms with Crippen molar-refractivity contribution in [2.24, 2.45) is 0 Å². The zero-order valence-electron chi connectivity index (χ0n) is 11.0. The first-order chi connectivity index (χ1) is 9.56. The molecule has 8 heteroatoms. The molecule has 20 heavy (non-hydrogen) atoms. The summed E-state index contributed by atoms with van der Waals surface area (Å²) < 4.78 is 39.2. The standard InChI is InChI=1S/C12H17N3O4S/c13-9-7-11-12(19-6-5-18-11)8-10(9)14-20(16,17)15-3-1-2-4-15/h7-8,14H,1-6,13H2. The number of nitrogens with zero attached hydrogens (tertiary/aromatic N) is 1. The van der Waals surface area contributed by atoms with Crippen LogP contribution in [0.1, 0.15) is 12.8 Å². The Bertz CT molecular complexity index is 611. The Labute approximate surface area is 117 Å². The molecule has 1 aromatic carbocycles. The molecule has 1 fully saturated rings. The van der Waals surface area contributed by atoms with Crippen LogP contribution in [0.2, 0.25) is 0 Å². The number of fused-ring (bicyclic) bond motifs is 1. The van der Waals surface area contributed by atoms with E-state index in [0.29, 0.717) is 49.2 Å². The summed E-state index contributed by atoms with van der Waals surface area (Å²) in [6.45, 7) is 1.99. The third-order valence-electron chi connectivity index (χ3n) is 3.36. The lowest BCUT2D eigenvalue weighted by Crippen LogP contribution is -2.33. The summed E-state index contributed by atoms with van der Waals surface area (Å²) in [5, 5.41) is 0. The first-order valence-electron chi connectivity index (χ1n) is 6.53. The van der Waals surface area contributed by atoms with Crippen LogP contribution in [0.15, 0.2) is 12.1 Å². The zero-order valence-corrected chi connectivity index (χ0v) is 11.8. The number of nitrogen functional groups attached to an aromatic ring is 1. The molecule has 0 unspecified atom stereocenters. The van der Waals surface area contributed by atoms with Crippen LogP contribution in [-0.2, 0) is 10.2 Å². The van der Waals surface area contributed by atoms with E-state index in [-0.39, 0.29) is 0 Å². The highest BCUT2D eigenvalue weighted by Gasteiger charge is 2.26. The number of anilines is 2. The predicted molar refractivity (Wildman–Crippen MR) is 75.2 cm³/mol. The molecule has 2 aliphatic heterocycles. The molecule has 0 amide bonds. The summed E-state index contributed by atoms with van der Waals surface area (Å²) in [6.07, 6.45) is 1.77. The Morgan fingerprint density at radius 1 is 1.10 bits per heavy atom. The quantitative estimate of drug-likeness (QED) is 0.805. The van der Waals surface area contributed by atoms with Gasteiger partial charge in [-0.05, 0) is 12.8 Å². The SMILES string of the molecule is Nc1cc2c(cc1NS(=O)(=O)N1CCCC1)OCCO2. The van der Waals surface area contributed by atoms with Gasteiger partial charge in [0.05, 0.1) is 11.4 Å². The summed E-state index contributed by atoms with van der Waals surface area (Å²) in [5.74, 6) is 1.04. The van der Waals surface area contributed by atoms with Crippen LogP contribution in [0.5, 0.6) is 11.5 Å². The first-order valence-corrected chi connectivity index (χ1v) is 7.97. The lowest BCUT2D eigenvalue weighted by molar-refractivity contribution is 0.172. The maximum atomic E-state index is 12.2. The van der Waals surface area contributed by atoms with Crippen molar-refractivity contribution in [3.8, 4) is 11.5 Å². The van der Waals surface area contributed by atoms with E-state index in [1.165, 1.54) is 4.31 Å². The normalized spacial score (nSPS) is 19.0. The van der Waals surface area contributed by atoms with Crippen molar-refractivity contribution in [2.75, 3.05) is 36.8 Å². The second-order valence-corrected chi connectivity index (χ2v) is 6.47. The fourth-order valence-electron chi connectivity index (χ4n) is 2.32. The average molecular weight is 299 g/mol. The number of benzene rings is 1. The van der Waals surface area contributed by atoms with Crippen molar-refractivity contribution in [1.82, 2.24) is 4.31 Å². The van der Waals surface area contributed by atoms with Crippen LogP contribution in [-0.4, -0.2) is 39.0 Å². The minimum atomic E-state index is -3.56. The Morgan fingerprint density at radius 3 is 2.35 bits per heavy atom. The van der Waals surface area contributed by atoms with Crippen LogP contribution < -0.4 is 19.9 Å². The van der Waals surface area contributed by atoms with Crippen LogP contribution in [0.3, 0.4) is 0 Å².